The van der Waals surface area contributed by atoms with Crippen molar-refractivity contribution in [2.24, 2.45) is 0 Å². The highest BCUT2D eigenvalue weighted by molar-refractivity contribution is 7.42. The highest BCUT2D eigenvalue weighted by atomic mass is 31.2. The van der Waals surface area contributed by atoms with Crippen molar-refractivity contribution < 1.29 is 14.9 Å². The Morgan fingerprint density at radius 2 is 1.05 bits per heavy atom. The molecule has 0 aromatic rings. The smallest absolute Gasteiger partial charge is 0.150 e. The summed E-state index contributed by atoms with van der Waals surface area (Å²) in [4.78, 5) is 20.9. The van der Waals surface area contributed by atoms with Gasteiger partial charge in [0, 0.05) is 6.42 Å². The molecular formula is C16H34O3P-. The third-order valence-corrected chi connectivity index (χ3v) is 4.69. The van der Waals surface area contributed by atoms with Crippen LogP contribution in [0.5, 0.6) is 0 Å². The van der Waals surface area contributed by atoms with E-state index >= 15 is 0 Å². The molecule has 0 saturated carbocycles. The molecule has 1 N–H and O–H groups in total. The van der Waals surface area contributed by atoms with E-state index in [-0.39, 0.29) is 0 Å². The third-order valence-electron chi connectivity index (χ3n) is 3.85. The van der Waals surface area contributed by atoms with Crippen molar-refractivity contribution in [3.05, 3.63) is 0 Å². The Morgan fingerprint density at radius 1 is 0.700 bits per heavy atom. The van der Waals surface area contributed by atoms with Crippen molar-refractivity contribution in [2.45, 2.75) is 103 Å². The first-order chi connectivity index (χ1) is 9.68. The maximum atomic E-state index is 10.5. The van der Waals surface area contributed by atoms with Crippen molar-refractivity contribution >= 4 is 8.38 Å². The van der Waals surface area contributed by atoms with Gasteiger partial charge < -0.3 is 14.9 Å². The molecule has 0 rings (SSSR count). The second-order valence-corrected chi connectivity index (χ2v) is 7.17. The quantitative estimate of drug-likeness (QED) is 0.371. The largest absolute Gasteiger partial charge is 0.683 e. The fourth-order valence-electron chi connectivity index (χ4n) is 2.47. The average molecular weight is 305 g/mol. The molecule has 0 aliphatic rings. The van der Waals surface area contributed by atoms with Crippen LogP contribution in [0.1, 0.15) is 96.8 Å². The molecule has 0 saturated heterocycles. The molecule has 0 aliphatic carbocycles. The molecule has 0 spiro atoms. The van der Waals surface area contributed by atoms with Gasteiger partial charge in [-0.05, 0) is 6.42 Å². The SMILES string of the molecule is CCCCCCCCCCCCCCCC(O)[PH+]([O-])[O-]. The van der Waals surface area contributed by atoms with E-state index in [4.69, 9.17) is 5.11 Å². The Labute approximate surface area is 126 Å². The Morgan fingerprint density at radius 3 is 1.40 bits per heavy atom. The molecule has 0 heterocycles. The van der Waals surface area contributed by atoms with Gasteiger partial charge >= 0.3 is 0 Å². The maximum Gasteiger partial charge on any atom is 0.150 e. The number of rotatable bonds is 15. The van der Waals surface area contributed by atoms with Crippen LogP contribution in [-0.2, 0) is 0 Å². The van der Waals surface area contributed by atoms with Crippen molar-refractivity contribution in [3.63, 3.8) is 0 Å². The summed E-state index contributed by atoms with van der Waals surface area (Å²) in [6.45, 7) is 2.25. The number of hydrogen-bond donors (Lipinski definition) is 1. The second kappa shape index (κ2) is 15.7. The summed E-state index contributed by atoms with van der Waals surface area (Å²) in [5.74, 6) is -1.09. The summed E-state index contributed by atoms with van der Waals surface area (Å²) in [6.07, 6.45) is 17.0. The second-order valence-electron chi connectivity index (χ2n) is 5.87. The predicted octanol–water partition coefficient (Wildman–Crippen LogP) is 3.55. The molecule has 20 heavy (non-hydrogen) atoms. The molecule has 0 radical (unpaired) electrons. The Hall–Kier alpha value is 0.310. The van der Waals surface area contributed by atoms with Gasteiger partial charge in [-0.25, -0.2) is 0 Å². The van der Waals surface area contributed by atoms with Crippen LogP contribution in [0.3, 0.4) is 0 Å². The van der Waals surface area contributed by atoms with Gasteiger partial charge in [0.15, 0.2) is 0 Å². The lowest BCUT2D eigenvalue weighted by Gasteiger charge is -2.22. The summed E-state index contributed by atoms with van der Waals surface area (Å²) in [7, 11) is -2.97. The van der Waals surface area contributed by atoms with Gasteiger partial charge in [0.05, 0.1) is 0 Å². The first-order valence-electron chi connectivity index (χ1n) is 8.57. The summed E-state index contributed by atoms with van der Waals surface area (Å²) >= 11 is 0. The molecule has 0 bridgehead atoms. The normalized spacial score (nSPS) is 13.1. The van der Waals surface area contributed by atoms with Gasteiger partial charge in [0.2, 0.25) is 0 Å². The van der Waals surface area contributed by atoms with Crippen LogP contribution in [0.15, 0.2) is 0 Å². The number of aliphatic hydroxyl groups excluding tert-OH is 1. The predicted molar refractivity (Wildman–Crippen MR) is 84.6 cm³/mol. The molecule has 0 aliphatic heterocycles. The summed E-state index contributed by atoms with van der Waals surface area (Å²) in [5.41, 5.74) is 0. The molecule has 3 nitrogen and oxygen atoms in total. The standard InChI is InChI=1S/C16H34O3P/c1-2-3-4-5-6-7-8-9-10-11-12-13-14-15-16(17)20(18)19/h16-17,20H,2-15H2,1H3/q-1. The highest BCUT2D eigenvalue weighted by Gasteiger charge is 2.05. The topological polar surface area (TPSA) is 66.3 Å². The van der Waals surface area contributed by atoms with Gasteiger partial charge in [0.25, 0.3) is 0 Å². The Kier molecular flexibility index (Phi) is 15.9. The van der Waals surface area contributed by atoms with Crippen LogP contribution in [0.4, 0.5) is 0 Å². The first-order valence-corrected chi connectivity index (χ1v) is 9.96. The van der Waals surface area contributed by atoms with Gasteiger partial charge in [-0.2, -0.15) is 0 Å². The zero-order valence-corrected chi connectivity index (χ0v) is 14.2. The lowest BCUT2D eigenvalue weighted by Crippen LogP contribution is -2.20. The molecule has 1 atom stereocenters. The van der Waals surface area contributed by atoms with Gasteiger partial charge in [-0.1, -0.05) is 92.3 Å². The fraction of sp³-hybridized carbons (Fsp3) is 1.00. The van der Waals surface area contributed by atoms with Crippen LogP contribution in [0.2, 0.25) is 0 Å². The van der Waals surface area contributed by atoms with E-state index in [1.807, 2.05) is 0 Å². The molecular weight excluding hydrogens is 271 g/mol. The van der Waals surface area contributed by atoms with Crippen LogP contribution < -0.4 is 9.79 Å². The average Bonchev–Trinajstić information content (AvgIpc) is 2.43. The molecule has 1 unspecified atom stereocenters. The molecule has 0 fully saturated rings. The lowest BCUT2D eigenvalue weighted by molar-refractivity contribution is -0.300. The Bertz CT molecular complexity index is 189. The lowest BCUT2D eigenvalue weighted by atomic mass is 10.0. The van der Waals surface area contributed by atoms with E-state index in [1.165, 1.54) is 70.6 Å². The minimum Gasteiger partial charge on any atom is -0.683 e. The van der Waals surface area contributed by atoms with Crippen LogP contribution in [-0.4, -0.2) is 11.0 Å². The first kappa shape index (κ1) is 20.3. The monoisotopic (exact) mass is 305 g/mol. The van der Waals surface area contributed by atoms with Crippen molar-refractivity contribution in [1.82, 2.24) is 0 Å². The summed E-state index contributed by atoms with van der Waals surface area (Å²) in [6, 6.07) is 0. The number of unbranched alkanes of at least 4 members (excludes halogenated alkanes) is 12. The summed E-state index contributed by atoms with van der Waals surface area (Å²) < 4.78 is 0. The van der Waals surface area contributed by atoms with Crippen molar-refractivity contribution in [3.8, 4) is 0 Å². The molecule has 4 heteroatoms. The maximum absolute atomic E-state index is 10.5. The van der Waals surface area contributed by atoms with Crippen molar-refractivity contribution in [2.75, 3.05) is 0 Å². The van der Waals surface area contributed by atoms with E-state index in [0.717, 1.165) is 12.8 Å². The van der Waals surface area contributed by atoms with Gasteiger partial charge in [0.1, 0.15) is 5.85 Å². The minimum atomic E-state index is -2.97. The number of hydrogen-bond acceptors (Lipinski definition) is 3. The number of aliphatic hydroxyl groups is 1. The van der Waals surface area contributed by atoms with Crippen LogP contribution >= 0.6 is 8.38 Å². The molecule has 0 amide bonds. The Balaban J connectivity index is 3.03. The van der Waals surface area contributed by atoms with E-state index in [0.29, 0.717) is 6.42 Å². The zero-order valence-electron chi connectivity index (χ0n) is 13.2. The fourth-order valence-corrected chi connectivity index (χ4v) is 2.91. The zero-order chi connectivity index (χ0) is 15.1. The van der Waals surface area contributed by atoms with E-state index < -0.39 is 14.2 Å². The van der Waals surface area contributed by atoms with Crippen LogP contribution in [0, 0.1) is 0 Å². The highest BCUT2D eigenvalue weighted by Crippen LogP contribution is 2.23. The minimum absolute atomic E-state index is 0.416. The molecule has 0 aromatic heterocycles. The van der Waals surface area contributed by atoms with E-state index in [2.05, 4.69) is 6.92 Å². The van der Waals surface area contributed by atoms with E-state index in [9.17, 15) is 9.79 Å². The van der Waals surface area contributed by atoms with Gasteiger partial charge in [-0.15, -0.1) is 0 Å². The summed E-state index contributed by atoms with van der Waals surface area (Å²) in [5, 5.41) is 9.12. The molecule has 0 aromatic carbocycles. The third kappa shape index (κ3) is 14.7. The van der Waals surface area contributed by atoms with Gasteiger partial charge in [-0.3, -0.25) is 0 Å². The van der Waals surface area contributed by atoms with Crippen LogP contribution in [0.25, 0.3) is 0 Å². The van der Waals surface area contributed by atoms with Crippen molar-refractivity contribution in [1.29, 1.82) is 0 Å². The molecule has 122 valence electrons. The van der Waals surface area contributed by atoms with E-state index in [1.54, 1.807) is 0 Å².